The van der Waals surface area contributed by atoms with Gasteiger partial charge in [0.05, 0.1) is 7.11 Å². The van der Waals surface area contributed by atoms with Crippen LogP contribution in [0.2, 0.25) is 0 Å². The van der Waals surface area contributed by atoms with Gasteiger partial charge in [0.2, 0.25) is 0 Å². The van der Waals surface area contributed by atoms with Gasteiger partial charge in [0, 0.05) is 18.7 Å². The van der Waals surface area contributed by atoms with Gasteiger partial charge in [-0.05, 0) is 25.2 Å². The van der Waals surface area contributed by atoms with E-state index in [9.17, 15) is 9.59 Å². The molecule has 0 bridgehead atoms. The normalized spacial score (nSPS) is 24.4. The smallest absolute Gasteiger partial charge is 0.407 e. The lowest BCUT2D eigenvalue weighted by molar-refractivity contribution is -0.383. The number of amides is 1. The van der Waals surface area contributed by atoms with Crippen LogP contribution < -0.4 is 5.32 Å². The van der Waals surface area contributed by atoms with Crippen LogP contribution >= 0.6 is 21.6 Å². The standard InChI is InChI=1S/C17H29NO6S2/c1-13-23-15(24-13)10-17(6-4-3-5-7-17)12-18-16(20)22-8-9-25-26-11-14(19)21-2/h13,15H,3-12H2,1-2H3,(H,18,20). The highest BCUT2D eigenvalue weighted by atomic mass is 33.1. The zero-order valence-electron chi connectivity index (χ0n) is 15.5. The molecule has 26 heavy (non-hydrogen) atoms. The van der Waals surface area contributed by atoms with Crippen LogP contribution in [0.4, 0.5) is 4.79 Å². The Bertz CT molecular complexity index is 453. The summed E-state index contributed by atoms with van der Waals surface area (Å²) in [6, 6.07) is 0. The molecule has 9 heteroatoms. The first kappa shape index (κ1) is 21.7. The molecular weight excluding hydrogens is 378 g/mol. The van der Waals surface area contributed by atoms with Gasteiger partial charge in [-0.1, -0.05) is 40.9 Å². The van der Waals surface area contributed by atoms with Gasteiger partial charge in [0.25, 0.3) is 0 Å². The maximum atomic E-state index is 12.0. The lowest BCUT2D eigenvalue weighted by Crippen LogP contribution is -2.47. The van der Waals surface area contributed by atoms with Crippen molar-refractivity contribution in [1.82, 2.24) is 5.32 Å². The van der Waals surface area contributed by atoms with Crippen molar-refractivity contribution in [3.63, 3.8) is 0 Å². The zero-order valence-corrected chi connectivity index (χ0v) is 17.1. The molecule has 1 saturated carbocycles. The number of nitrogens with one attached hydrogen (secondary N) is 1. The number of alkyl carbamates (subject to hydrolysis) is 1. The summed E-state index contributed by atoms with van der Waals surface area (Å²) in [7, 11) is 4.24. The molecule has 0 atom stereocenters. The van der Waals surface area contributed by atoms with Gasteiger partial charge >= 0.3 is 12.1 Å². The molecule has 0 radical (unpaired) electrons. The highest BCUT2D eigenvalue weighted by Crippen LogP contribution is 2.42. The number of carbonyl (C=O) groups is 2. The highest BCUT2D eigenvalue weighted by molar-refractivity contribution is 8.76. The molecule has 2 rings (SSSR count). The molecule has 150 valence electrons. The lowest BCUT2D eigenvalue weighted by atomic mass is 9.71. The molecule has 0 aromatic carbocycles. The molecule has 2 fully saturated rings. The van der Waals surface area contributed by atoms with Crippen molar-refractivity contribution in [2.24, 2.45) is 5.41 Å². The quantitative estimate of drug-likeness (QED) is 0.335. The van der Waals surface area contributed by atoms with E-state index in [1.165, 1.54) is 48.0 Å². The maximum Gasteiger partial charge on any atom is 0.407 e. The Labute approximate surface area is 163 Å². The third kappa shape index (κ3) is 7.54. The molecule has 1 N–H and O–H groups in total. The second kappa shape index (κ2) is 11.3. The highest BCUT2D eigenvalue weighted by Gasteiger charge is 2.39. The van der Waals surface area contributed by atoms with Gasteiger partial charge in [-0.3, -0.25) is 4.79 Å². The van der Waals surface area contributed by atoms with E-state index in [0.717, 1.165) is 19.3 Å². The molecule has 0 aromatic heterocycles. The van der Waals surface area contributed by atoms with E-state index in [2.05, 4.69) is 10.1 Å². The van der Waals surface area contributed by atoms with Gasteiger partial charge < -0.3 is 24.3 Å². The van der Waals surface area contributed by atoms with Crippen LogP contribution in [0.25, 0.3) is 0 Å². The van der Waals surface area contributed by atoms with Crippen LogP contribution in [0.15, 0.2) is 0 Å². The Morgan fingerprint density at radius 3 is 2.58 bits per heavy atom. The lowest BCUT2D eigenvalue weighted by Gasteiger charge is -2.43. The van der Waals surface area contributed by atoms with E-state index in [4.69, 9.17) is 14.2 Å². The number of rotatable bonds is 10. The third-order valence-electron chi connectivity index (χ3n) is 4.70. The van der Waals surface area contributed by atoms with E-state index >= 15 is 0 Å². The Morgan fingerprint density at radius 1 is 1.19 bits per heavy atom. The minimum absolute atomic E-state index is 0.0349. The van der Waals surface area contributed by atoms with Crippen LogP contribution in [-0.2, 0) is 23.7 Å². The molecule has 1 saturated heterocycles. The number of hydrogen-bond donors (Lipinski definition) is 1. The third-order valence-corrected chi connectivity index (χ3v) is 6.90. The van der Waals surface area contributed by atoms with Crippen LogP contribution in [0, 0.1) is 5.41 Å². The predicted octanol–water partition coefficient (Wildman–Crippen LogP) is 3.33. The Morgan fingerprint density at radius 2 is 1.92 bits per heavy atom. The fourth-order valence-electron chi connectivity index (χ4n) is 3.33. The fourth-order valence-corrected chi connectivity index (χ4v) is 4.99. The zero-order chi connectivity index (χ0) is 18.8. The first-order valence-electron chi connectivity index (χ1n) is 9.06. The second-order valence-electron chi connectivity index (χ2n) is 6.68. The van der Waals surface area contributed by atoms with E-state index in [1.807, 2.05) is 6.92 Å². The first-order valence-corrected chi connectivity index (χ1v) is 11.5. The molecule has 0 spiro atoms. The van der Waals surface area contributed by atoms with Crippen molar-refractivity contribution >= 4 is 33.7 Å². The minimum Gasteiger partial charge on any atom is -0.468 e. The summed E-state index contributed by atoms with van der Waals surface area (Å²) in [5.74, 6) is 0.662. The molecule has 1 heterocycles. The molecule has 7 nitrogen and oxygen atoms in total. The summed E-state index contributed by atoms with van der Waals surface area (Å²) in [6.45, 7) is 2.79. The fraction of sp³-hybridized carbons (Fsp3) is 0.882. The van der Waals surface area contributed by atoms with E-state index in [0.29, 0.717) is 24.7 Å². The molecular formula is C17H29NO6S2. The molecule has 1 amide bonds. The van der Waals surface area contributed by atoms with Crippen LogP contribution in [0.5, 0.6) is 0 Å². The summed E-state index contributed by atoms with van der Waals surface area (Å²) in [6.07, 6.45) is 5.90. The van der Waals surface area contributed by atoms with Crippen molar-refractivity contribution in [1.29, 1.82) is 0 Å². The molecule has 1 aliphatic carbocycles. The number of esters is 1. The molecule has 2 aliphatic rings. The molecule has 1 aliphatic heterocycles. The van der Waals surface area contributed by atoms with E-state index < -0.39 is 6.09 Å². The predicted molar refractivity (Wildman–Crippen MR) is 102 cm³/mol. The number of ether oxygens (including phenoxy) is 4. The number of carbonyl (C=O) groups excluding carboxylic acids is 2. The van der Waals surface area contributed by atoms with Crippen LogP contribution in [-0.4, -0.2) is 56.4 Å². The van der Waals surface area contributed by atoms with Gasteiger partial charge in [-0.25, -0.2) is 4.79 Å². The van der Waals surface area contributed by atoms with Gasteiger partial charge in [0.15, 0.2) is 12.6 Å². The number of methoxy groups -OCH3 is 1. The van der Waals surface area contributed by atoms with Crippen molar-refractivity contribution in [3.8, 4) is 0 Å². The summed E-state index contributed by atoms with van der Waals surface area (Å²) < 4.78 is 21.0. The van der Waals surface area contributed by atoms with Crippen molar-refractivity contribution in [2.45, 2.75) is 58.0 Å². The Kier molecular flexibility index (Phi) is 9.38. The van der Waals surface area contributed by atoms with Crippen LogP contribution in [0.1, 0.15) is 45.4 Å². The first-order chi connectivity index (χ1) is 12.5. The van der Waals surface area contributed by atoms with Crippen molar-refractivity contribution in [2.75, 3.05) is 31.8 Å². The summed E-state index contributed by atoms with van der Waals surface area (Å²) in [5, 5.41) is 2.91. The minimum atomic E-state index is -0.391. The van der Waals surface area contributed by atoms with Gasteiger partial charge in [-0.15, -0.1) is 0 Å². The van der Waals surface area contributed by atoms with Gasteiger partial charge in [0.1, 0.15) is 12.4 Å². The average molecular weight is 408 g/mol. The summed E-state index contributed by atoms with van der Waals surface area (Å²) >= 11 is 0. The van der Waals surface area contributed by atoms with Gasteiger partial charge in [-0.2, -0.15) is 0 Å². The Hall–Kier alpha value is -0.640. The monoisotopic (exact) mass is 407 g/mol. The SMILES string of the molecule is COC(=O)CSSCCOC(=O)NCC1(CC2OC(C)O2)CCCCC1. The molecule has 0 unspecified atom stereocenters. The topological polar surface area (TPSA) is 83.1 Å². The van der Waals surface area contributed by atoms with E-state index in [-0.39, 0.29) is 24.0 Å². The second-order valence-corrected chi connectivity index (χ2v) is 9.27. The molecule has 0 aromatic rings. The Balaban J connectivity index is 1.61. The van der Waals surface area contributed by atoms with Crippen LogP contribution in [0.3, 0.4) is 0 Å². The summed E-state index contributed by atoms with van der Waals surface area (Å²) in [5.41, 5.74) is 0.0349. The van der Waals surface area contributed by atoms with Crippen molar-refractivity contribution in [3.05, 3.63) is 0 Å². The van der Waals surface area contributed by atoms with E-state index in [1.54, 1.807) is 0 Å². The van der Waals surface area contributed by atoms with Crippen molar-refractivity contribution < 1.29 is 28.5 Å². The maximum absolute atomic E-state index is 12.0. The number of hydrogen-bond acceptors (Lipinski definition) is 8. The average Bonchev–Trinajstić information content (AvgIpc) is 2.62. The summed E-state index contributed by atoms with van der Waals surface area (Å²) in [4.78, 5) is 22.9. The largest absolute Gasteiger partial charge is 0.468 e.